The van der Waals surface area contributed by atoms with Crippen LogP contribution in [0.4, 0.5) is 5.69 Å². The number of hydrazone groups is 1. The number of amides is 2. The SMILES string of the molecule is NC(=O)[C@@H]1CC(C(=O)NC[C@@H]2CCCO2)=NN1c1ccccc1. The lowest BCUT2D eigenvalue weighted by atomic mass is 10.1. The summed E-state index contributed by atoms with van der Waals surface area (Å²) in [7, 11) is 0. The van der Waals surface area contributed by atoms with Gasteiger partial charge >= 0.3 is 0 Å². The third-order valence-corrected chi connectivity index (χ3v) is 4.04. The highest BCUT2D eigenvalue weighted by molar-refractivity contribution is 6.40. The molecule has 2 heterocycles. The third-order valence-electron chi connectivity index (χ3n) is 4.04. The maximum absolute atomic E-state index is 12.3. The van der Waals surface area contributed by atoms with Crippen LogP contribution in [0.2, 0.25) is 0 Å². The van der Waals surface area contributed by atoms with Gasteiger partial charge in [-0.3, -0.25) is 14.6 Å². The number of primary amides is 1. The molecule has 0 saturated carbocycles. The zero-order valence-corrected chi connectivity index (χ0v) is 12.8. The molecule has 7 heteroatoms. The van der Waals surface area contributed by atoms with E-state index in [-0.39, 0.29) is 18.4 Å². The van der Waals surface area contributed by atoms with E-state index in [1.165, 1.54) is 5.01 Å². The molecule has 1 aromatic carbocycles. The van der Waals surface area contributed by atoms with Gasteiger partial charge in [-0.15, -0.1) is 0 Å². The highest BCUT2D eigenvalue weighted by atomic mass is 16.5. The Labute approximate surface area is 134 Å². The minimum absolute atomic E-state index is 0.0677. The molecule has 0 unspecified atom stereocenters. The molecule has 23 heavy (non-hydrogen) atoms. The van der Waals surface area contributed by atoms with E-state index >= 15 is 0 Å². The van der Waals surface area contributed by atoms with Crippen molar-refractivity contribution in [2.24, 2.45) is 10.8 Å². The summed E-state index contributed by atoms with van der Waals surface area (Å²) >= 11 is 0. The molecular formula is C16H20N4O3. The number of hydrogen-bond donors (Lipinski definition) is 2. The van der Waals surface area contributed by atoms with E-state index in [2.05, 4.69) is 10.4 Å². The highest BCUT2D eigenvalue weighted by Gasteiger charge is 2.35. The lowest BCUT2D eigenvalue weighted by Gasteiger charge is -2.20. The summed E-state index contributed by atoms with van der Waals surface area (Å²) in [6, 6.07) is 8.58. The first kappa shape index (κ1) is 15.5. The number of anilines is 1. The van der Waals surface area contributed by atoms with Gasteiger partial charge < -0.3 is 15.8 Å². The van der Waals surface area contributed by atoms with Crippen LogP contribution in [0.15, 0.2) is 35.4 Å². The molecule has 1 saturated heterocycles. The monoisotopic (exact) mass is 316 g/mol. The smallest absolute Gasteiger partial charge is 0.267 e. The zero-order chi connectivity index (χ0) is 16.2. The van der Waals surface area contributed by atoms with E-state index in [0.29, 0.717) is 12.3 Å². The predicted octanol–water partition coefficient (Wildman–Crippen LogP) is 0.402. The van der Waals surface area contributed by atoms with Crippen molar-refractivity contribution in [1.82, 2.24) is 5.32 Å². The number of nitrogens with zero attached hydrogens (tertiary/aromatic N) is 2. The van der Waals surface area contributed by atoms with Crippen LogP contribution in [-0.4, -0.2) is 42.8 Å². The molecule has 0 aromatic heterocycles. The molecule has 2 aliphatic rings. The highest BCUT2D eigenvalue weighted by Crippen LogP contribution is 2.24. The fourth-order valence-electron chi connectivity index (χ4n) is 2.80. The molecule has 7 nitrogen and oxygen atoms in total. The van der Waals surface area contributed by atoms with Crippen molar-refractivity contribution in [3.63, 3.8) is 0 Å². The largest absolute Gasteiger partial charge is 0.376 e. The van der Waals surface area contributed by atoms with Gasteiger partial charge in [-0.2, -0.15) is 5.10 Å². The zero-order valence-electron chi connectivity index (χ0n) is 12.8. The molecule has 0 aliphatic carbocycles. The molecule has 0 spiro atoms. The van der Waals surface area contributed by atoms with E-state index in [0.717, 1.165) is 25.1 Å². The number of rotatable bonds is 5. The Kier molecular flexibility index (Phi) is 4.57. The lowest BCUT2D eigenvalue weighted by Crippen LogP contribution is -2.40. The van der Waals surface area contributed by atoms with Crippen LogP contribution in [0.25, 0.3) is 0 Å². The number of hydrogen-bond acceptors (Lipinski definition) is 5. The van der Waals surface area contributed by atoms with Crippen molar-refractivity contribution in [2.75, 3.05) is 18.2 Å². The molecule has 1 aromatic rings. The van der Waals surface area contributed by atoms with Crippen LogP contribution in [0.1, 0.15) is 19.3 Å². The van der Waals surface area contributed by atoms with E-state index < -0.39 is 11.9 Å². The second-order valence-electron chi connectivity index (χ2n) is 5.69. The van der Waals surface area contributed by atoms with Crippen LogP contribution in [0.5, 0.6) is 0 Å². The fourth-order valence-corrected chi connectivity index (χ4v) is 2.80. The minimum Gasteiger partial charge on any atom is -0.376 e. The van der Waals surface area contributed by atoms with Gasteiger partial charge in [0.2, 0.25) is 5.91 Å². The number of nitrogens with two attached hydrogens (primary N) is 1. The topological polar surface area (TPSA) is 97.0 Å². The van der Waals surface area contributed by atoms with Gasteiger partial charge in [0, 0.05) is 19.6 Å². The van der Waals surface area contributed by atoms with Gasteiger partial charge in [-0.25, -0.2) is 0 Å². The Hall–Kier alpha value is -2.41. The molecule has 3 N–H and O–H groups in total. The van der Waals surface area contributed by atoms with Crippen molar-refractivity contribution in [1.29, 1.82) is 0 Å². The summed E-state index contributed by atoms with van der Waals surface area (Å²) in [4.78, 5) is 23.9. The molecule has 1 fully saturated rings. The van der Waals surface area contributed by atoms with E-state index in [1.807, 2.05) is 30.3 Å². The molecular weight excluding hydrogens is 296 g/mol. The van der Waals surface area contributed by atoms with Crippen LogP contribution in [0, 0.1) is 0 Å². The average molecular weight is 316 g/mol. The van der Waals surface area contributed by atoms with Crippen molar-refractivity contribution in [2.45, 2.75) is 31.4 Å². The number of nitrogens with one attached hydrogen (secondary N) is 1. The molecule has 2 atom stereocenters. The van der Waals surface area contributed by atoms with Crippen LogP contribution in [0.3, 0.4) is 0 Å². The van der Waals surface area contributed by atoms with Crippen molar-refractivity contribution in [3.05, 3.63) is 30.3 Å². The first-order chi connectivity index (χ1) is 11.1. The number of benzene rings is 1. The standard InChI is InChI=1S/C16H20N4O3/c17-15(21)14-9-13(16(22)18-10-12-7-4-8-23-12)19-20(14)11-5-2-1-3-6-11/h1-3,5-6,12,14H,4,7-10H2,(H2,17,21)(H,18,22)/t12-,14-/m0/s1. The summed E-state index contributed by atoms with van der Waals surface area (Å²) < 4.78 is 5.48. The van der Waals surface area contributed by atoms with Crippen molar-refractivity contribution in [3.8, 4) is 0 Å². The fraction of sp³-hybridized carbons (Fsp3) is 0.438. The molecule has 2 amide bonds. The van der Waals surface area contributed by atoms with Crippen molar-refractivity contribution >= 4 is 23.2 Å². The molecule has 2 aliphatic heterocycles. The summed E-state index contributed by atoms with van der Waals surface area (Å²) in [6.45, 7) is 1.21. The average Bonchev–Trinajstić information content (AvgIpc) is 3.23. The van der Waals surface area contributed by atoms with E-state index in [4.69, 9.17) is 10.5 Å². The first-order valence-electron chi connectivity index (χ1n) is 7.76. The van der Waals surface area contributed by atoms with Gasteiger partial charge in [0.25, 0.3) is 5.91 Å². The Morgan fingerprint density at radius 2 is 2.13 bits per heavy atom. The Morgan fingerprint density at radius 1 is 1.35 bits per heavy atom. The summed E-state index contributed by atoms with van der Waals surface area (Å²) in [5, 5.41) is 8.64. The van der Waals surface area contributed by atoms with E-state index in [9.17, 15) is 9.59 Å². The van der Waals surface area contributed by atoms with Crippen LogP contribution < -0.4 is 16.1 Å². The predicted molar refractivity (Wildman–Crippen MR) is 85.9 cm³/mol. The van der Waals surface area contributed by atoms with Gasteiger partial charge in [-0.1, -0.05) is 18.2 Å². The Balaban J connectivity index is 1.69. The van der Waals surface area contributed by atoms with Crippen LogP contribution in [-0.2, 0) is 14.3 Å². The summed E-state index contributed by atoms with van der Waals surface area (Å²) in [5.41, 5.74) is 6.51. The van der Waals surface area contributed by atoms with Crippen LogP contribution >= 0.6 is 0 Å². The van der Waals surface area contributed by atoms with Crippen molar-refractivity contribution < 1.29 is 14.3 Å². The number of carbonyl (C=O) groups excluding carboxylic acids is 2. The Bertz CT molecular complexity index is 611. The second kappa shape index (κ2) is 6.78. The summed E-state index contributed by atoms with van der Waals surface area (Å²) in [6.07, 6.45) is 2.25. The third kappa shape index (κ3) is 3.50. The van der Waals surface area contributed by atoms with Gasteiger partial charge in [0.15, 0.2) is 0 Å². The lowest BCUT2D eigenvalue weighted by molar-refractivity contribution is -0.119. The quantitative estimate of drug-likeness (QED) is 0.822. The number of ether oxygens (including phenoxy) is 1. The van der Waals surface area contributed by atoms with E-state index in [1.54, 1.807) is 0 Å². The summed E-state index contributed by atoms with van der Waals surface area (Å²) in [5.74, 6) is -0.773. The molecule has 0 radical (unpaired) electrons. The normalized spacial score (nSPS) is 23.7. The maximum Gasteiger partial charge on any atom is 0.267 e. The molecule has 0 bridgehead atoms. The second-order valence-corrected chi connectivity index (χ2v) is 5.69. The molecule has 3 rings (SSSR count). The van der Waals surface area contributed by atoms with Gasteiger partial charge in [-0.05, 0) is 25.0 Å². The number of para-hydroxylation sites is 1. The Morgan fingerprint density at radius 3 is 2.78 bits per heavy atom. The first-order valence-corrected chi connectivity index (χ1v) is 7.76. The minimum atomic E-state index is -0.638. The molecule has 122 valence electrons. The van der Waals surface area contributed by atoms with Gasteiger partial charge in [0.1, 0.15) is 11.8 Å². The van der Waals surface area contributed by atoms with Gasteiger partial charge in [0.05, 0.1) is 11.8 Å². The number of carbonyl (C=O) groups is 2. The maximum atomic E-state index is 12.3.